The lowest BCUT2D eigenvalue weighted by atomic mass is 10.2. The molecule has 2 rings (SSSR count). The SMILES string of the molecule is CC(C)(C)OC(=O)N1CCN(C(=O)COc2ccc(N)nc2)CC1. The van der Waals surface area contributed by atoms with Gasteiger partial charge in [0.05, 0.1) is 6.20 Å². The molecule has 2 N–H and O–H groups in total. The molecule has 0 spiro atoms. The molecule has 2 heterocycles. The van der Waals surface area contributed by atoms with Gasteiger partial charge in [0.1, 0.15) is 17.2 Å². The number of piperazine rings is 1. The summed E-state index contributed by atoms with van der Waals surface area (Å²) in [5, 5.41) is 0. The largest absolute Gasteiger partial charge is 0.482 e. The molecule has 0 bridgehead atoms. The molecule has 0 saturated carbocycles. The Kier molecular flexibility index (Phi) is 5.48. The number of amides is 2. The average molecular weight is 336 g/mol. The molecule has 132 valence electrons. The van der Waals surface area contributed by atoms with Gasteiger partial charge in [0.25, 0.3) is 5.91 Å². The first kappa shape index (κ1) is 17.8. The highest BCUT2D eigenvalue weighted by Crippen LogP contribution is 2.13. The fraction of sp³-hybridized carbons (Fsp3) is 0.562. The maximum Gasteiger partial charge on any atom is 0.410 e. The van der Waals surface area contributed by atoms with Crippen molar-refractivity contribution in [3.63, 3.8) is 0 Å². The highest BCUT2D eigenvalue weighted by atomic mass is 16.6. The third-order valence-corrected chi connectivity index (χ3v) is 3.41. The molecule has 1 aromatic heterocycles. The number of pyridine rings is 1. The van der Waals surface area contributed by atoms with Crippen LogP contribution in [-0.4, -0.2) is 65.2 Å². The molecule has 1 aromatic rings. The lowest BCUT2D eigenvalue weighted by Gasteiger charge is -2.35. The van der Waals surface area contributed by atoms with Crippen molar-refractivity contribution in [2.45, 2.75) is 26.4 Å². The van der Waals surface area contributed by atoms with Crippen LogP contribution in [0.2, 0.25) is 0 Å². The van der Waals surface area contributed by atoms with Crippen molar-refractivity contribution in [1.82, 2.24) is 14.8 Å². The Morgan fingerprint density at radius 2 is 1.79 bits per heavy atom. The number of ether oxygens (including phenoxy) is 2. The van der Waals surface area contributed by atoms with E-state index < -0.39 is 5.60 Å². The van der Waals surface area contributed by atoms with Gasteiger partial charge in [-0.3, -0.25) is 4.79 Å². The van der Waals surface area contributed by atoms with E-state index in [1.165, 1.54) is 6.20 Å². The summed E-state index contributed by atoms with van der Waals surface area (Å²) in [6.45, 7) is 7.23. The van der Waals surface area contributed by atoms with Crippen LogP contribution < -0.4 is 10.5 Å². The van der Waals surface area contributed by atoms with Crippen LogP contribution in [0, 0.1) is 0 Å². The molecular weight excluding hydrogens is 312 g/mol. The topological polar surface area (TPSA) is 98.0 Å². The molecule has 2 amide bonds. The van der Waals surface area contributed by atoms with Crippen LogP contribution in [0.3, 0.4) is 0 Å². The van der Waals surface area contributed by atoms with Gasteiger partial charge < -0.3 is 25.0 Å². The van der Waals surface area contributed by atoms with E-state index in [1.807, 2.05) is 20.8 Å². The van der Waals surface area contributed by atoms with Crippen LogP contribution in [0.4, 0.5) is 10.6 Å². The van der Waals surface area contributed by atoms with Crippen LogP contribution in [0.1, 0.15) is 20.8 Å². The van der Waals surface area contributed by atoms with Crippen LogP contribution in [0.25, 0.3) is 0 Å². The van der Waals surface area contributed by atoms with Crippen LogP contribution >= 0.6 is 0 Å². The lowest BCUT2D eigenvalue weighted by molar-refractivity contribution is -0.135. The Labute approximate surface area is 141 Å². The van der Waals surface area contributed by atoms with Gasteiger partial charge in [-0.2, -0.15) is 0 Å². The van der Waals surface area contributed by atoms with Crippen molar-refractivity contribution in [2.75, 3.05) is 38.5 Å². The lowest BCUT2D eigenvalue weighted by Crippen LogP contribution is -2.52. The number of rotatable bonds is 3. The molecule has 1 saturated heterocycles. The molecule has 8 heteroatoms. The molecule has 0 aliphatic carbocycles. The van der Waals surface area contributed by atoms with Crippen molar-refractivity contribution in [3.05, 3.63) is 18.3 Å². The van der Waals surface area contributed by atoms with Gasteiger partial charge in [-0.25, -0.2) is 9.78 Å². The number of nitrogens with zero attached hydrogens (tertiary/aromatic N) is 3. The van der Waals surface area contributed by atoms with Crippen molar-refractivity contribution < 1.29 is 19.1 Å². The van der Waals surface area contributed by atoms with Crippen molar-refractivity contribution in [2.24, 2.45) is 0 Å². The summed E-state index contributed by atoms with van der Waals surface area (Å²) in [5.74, 6) is 0.757. The summed E-state index contributed by atoms with van der Waals surface area (Å²) in [6, 6.07) is 3.27. The van der Waals surface area contributed by atoms with E-state index in [0.29, 0.717) is 37.7 Å². The Morgan fingerprint density at radius 1 is 1.17 bits per heavy atom. The highest BCUT2D eigenvalue weighted by molar-refractivity contribution is 5.78. The highest BCUT2D eigenvalue weighted by Gasteiger charge is 2.27. The molecule has 0 atom stereocenters. The van der Waals surface area contributed by atoms with Crippen molar-refractivity contribution >= 4 is 17.8 Å². The number of nitrogen functional groups attached to an aromatic ring is 1. The summed E-state index contributed by atoms with van der Waals surface area (Å²) >= 11 is 0. The van der Waals surface area contributed by atoms with E-state index in [4.69, 9.17) is 15.2 Å². The van der Waals surface area contributed by atoms with Crippen LogP contribution in [-0.2, 0) is 9.53 Å². The number of aromatic nitrogens is 1. The number of anilines is 1. The average Bonchev–Trinajstić information content (AvgIpc) is 2.52. The molecule has 1 aliphatic heterocycles. The van der Waals surface area contributed by atoms with E-state index in [9.17, 15) is 9.59 Å². The summed E-state index contributed by atoms with van der Waals surface area (Å²) in [7, 11) is 0. The molecule has 8 nitrogen and oxygen atoms in total. The minimum absolute atomic E-state index is 0.0714. The summed E-state index contributed by atoms with van der Waals surface area (Å²) in [6.07, 6.45) is 1.13. The molecule has 1 fully saturated rings. The van der Waals surface area contributed by atoms with Crippen molar-refractivity contribution in [1.29, 1.82) is 0 Å². The number of carbonyl (C=O) groups excluding carboxylic acids is 2. The first-order valence-electron chi connectivity index (χ1n) is 7.84. The fourth-order valence-corrected chi connectivity index (χ4v) is 2.18. The summed E-state index contributed by atoms with van der Waals surface area (Å²) in [5.41, 5.74) is 4.97. The predicted octanol–water partition coefficient (Wildman–Crippen LogP) is 1.12. The van der Waals surface area contributed by atoms with Gasteiger partial charge in [-0.15, -0.1) is 0 Å². The second-order valence-corrected chi connectivity index (χ2v) is 6.56. The normalized spacial score (nSPS) is 15.1. The van der Waals surface area contributed by atoms with Gasteiger partial charge in [-0.1, -0.05) is 0 Å². The van der Waals surface area contributed by atoms with Crippen LogP contribution in [0.5, 0.6) is 5.75 Å². The molecule has 0 aromatic carbocycles. The Hall–Kier alpha value is -2.51. The predicted molar refractivity (Wildman–Crippen MR) is 88.5 cm³/mol. The zero-order valence-corrected chi connectivity index (χ0v) is 14.3. The van der Waals surface area contributed by atoms with E-state index in [2.05, 4.69) is 4.98 Å². The molecule has 1 aliphatic rings. The minimum atomic E-state index is -0.523. The fourth-order valence-electron chi connectivity index (χ4n) is 2.18. The van der Waals surface area contributed by atoms with E-state index in [-0.39, 0.29) is 18.6 Å². The second kappa shape index (κ2) is 7.37. The van der Waals surface area contributed by atoms with Gasteiger partial charge in [-0.05, 0) is 32.9 Å². The van der Waals surface area contributed by atoms with Gasteiger partial charge in [0.2, 0.25) is 0 Å². The third kappa shape index (κ3) is 5.29. The number of nitrogens with two attached hydrogens (primary N) is 1. The zero-order chi connectivity index (χ0) is 17.7. The summed E-state index contributed by atoms with van der Waals surface area (Å²) < 4.78 is 10.7. The first-order chi connectivity index (χ1) is 11.2. The van der Waals surface area contributed by atoms with Crippen LogP contribution in [0.15, 0.2) is 18.3 Å². The quantitative estimate of drug-likeness (QED) is 0.888. The van der Waals surface area contributed by atoms with E-state index >= 15 is 0 Å². The molecule has 0 radical (unpaired) electrons. The Bertz CT molecular complexity index is 575. The Morgan fingerprint density at radius 3 is 2.33 bits per heavy atom. The summed E-state index contributed by atoms with van der Waals surface area (Å²) in [4.78, 5) is 31.3. The standard InChI is InChI=1S/C16H24N4O4/c1-16(2,3)24-15(22)20-8-6-19(7-9-20)14(21)11-23-12-4-5-13(17)18-10-12/h4-5,10H,6-9,11H2,1-3H3,(H2,17,18). The maximum atomic E-state index is 12.2. The molecule has 24 heavy (non-hydrogen) atoms. The third-order valence-electron chi connectivity index (χ3n) is 3.41. The minimum Gasteiger partial charge on any atom is -0.482 e. The zero-order valence-electron chi connectivity index (χ0n) is 14.3. The van der Waals surface area contributed by atoms with Gasteiger partial charge in [0.15, 0.2) is 6.61 Å². The molecule has 0 unspecified atom stereocenters. The maximum absolute atomic E-state index is 12.2. The van der Waals surface area contributed by atoms with Gasteiger partial charge in [0, 0.05) is 26.2 Å². The van der Waals surface area contributed by atoms with Crippen molar-refractivity contribution in [3.8, 4) is 5.75 Å². The smallest absolute Gasteiger partial charge is 0.410 e. The number of carbonyl (C=O) groups is 2. The van der Waals surface area contributed by atoms with E-state index in [0.717, 1.165) is 0 Å². The number of hydrogen-bond donors (Lipinski definition) is 1. The second-order valence-electron chi connectivity index (χ2n) is 6.56. The van der Waals surface area contributed by atoms with Gasteiger partial charge >= 0.3 is 6.09 Å². The monoisotopic (exact) mass is 336 g/mol. The first-order valence-corrected chi connectivity index (χ1v) is 7.84. The molecular formula is C16H24N4O4. The Balaban J connectivity index is 1.76. The van der Waals surface area contributed by atoms with E-state index in [1.54, 1.807) is 21.9 Å². The number of hydrogen-bond acceptors (Lipinski definition) is 6.